The van der Waals surface area contributed by atoms with Gasteiger partial charge in [-0.3, -0.25) is 9.80 Å². The number of ether oxygens (including phenoxy) is 2. The van der Waals surface area contributed by atoms with Gasteiger partial charge in [0.2, 0.25) is 0 Å². The number of piperazine rings is 2. The van der Waals surface area contributed by atoms with Crippen molar-refractivity contribution in [1.29, 1.82) is 0 Å². The number of benzene rings is 2. The van der Waals surface area contributed by atoms with Crippen LogP contribution in [0.3, 0.4) is 0 Å². The molecule has 10 nitrogen and oxygen atoms in total. The predicted octanol–water partition coefficient (Wildman–Crippen LogP) is 10.1. The molecule has 0 radical (unpaired) electrons. The second kappa shape index (κ2) is 33.3. The van der Waals surface area contributed by atoms with Crippen LogP contribution in [0, 0.1) is 5.92 Å². The molecule has 0 spiro atoms. The number of anilines is 2. The molecule has 2 aromatic heterocycles. The number of nitrogens with zero attached hydrogens (tertiary/aromatic N) is 6. The van der Waals surface area contributed by atoms with Gasteiger partial charge in [-0.15, -0.1) is 0 Å². The first kappa shape index (κ1) is 49.4. The normalized spacial score (nSPS) is 14.3. The molecule has 0 N–H and O–H groups in total. The number of hydrogen-bond donors (Lipinski definition) is 0. The molecule has 2 aliphatic heterocycles. The average molecular weight is 791 g/mol. The molecule has 0 aliphatic carbocycles. The summed E-state index contributed by atoms with van der Waals surface area (Å²) in [5, 5.41) is 7.70. The lowest BCUT2D eigenvalue weighted by Gasteiger charge is -2.36. The van der Waals surface area contributed by atoms with E-state index in [1.165, 1.54) is 37.1 Å². The third kappa shape index (κ3) is 22.7. The summed E-state index contributed by atoms with van der Waals surface area (Å²) >= 11 is 0. The highest BCUT2D eigenvalue weighted by Crippen LogP contribution is 2.17. The van der Waals surface area contributed by atoms with Crippen LogP contribution in [0.5, 0.6) is 0 Å². The van der Waals surface area contributed by atoms with Crippen LogP contribution in [0.4, 0.5) is 11.4 Å². The molecule has 2 aliphatic rings. The van der Waals surface area contributed by atoms with E-state index in [1.807, 2.05) is 26.0 Å². The van der Waals surface area contributed by atoms with E-state index in [0.29, 0.717) is 13.2 Å². The van der Waals surface area contributed by atoms with Crippen LogP contribution in [-0.4, -0.2) is 105 Å². The third-order valence-electron chi connectivity index (χ3n) is 9.89. The van der Waals surface area contributed by atoms with Gasteiger partial charge in [-0.25, -0.2) is 0 Å². The fourth-order valence-electron chi connectivity index (χ4n) is 6.09. The van der Waals surface area contributed by atoms with Gasteiger partial charge in [0.05, 0.1) is 18.9 Å². The van der Waals surface area contributed by atoms with Crippen molar-refractivity contribution in [3.63, 3.8) is 0 Å². The summed E-state index contributed by atoms with van der Waals surface area (Å²) in [6, 6.07) is 25.1. The van der Waals surface area contributed by atoms with E-state index in [1.54, 1.807) is 12.5 Å². The fraction of sp³-hybridized carbons (Fsp3) is 0.617. The summed E-state index contributed by atoms with van der Waals surface area (Å²) in [4.78, 5) is 10.0. The van der Waals surface area contributed by atoms with Gasteiger partial charge in [0.1, 0.15) is 18.2 Å². The van der Waals surface area contributed by atoms with Gasteiger partial charge < -0.3 is 28.3 Å². The Morgan fingerprint density at radius 1 is 0.561 bits per heavy atom. The maximum Gasteiger partial charge on any atom is 0.124 e. The Hall–Kier alpha value is -3.70. The first-order valence-electron chi connectivity index (χ1n) is 22.0. The highest BCUT2D eigenvalue weighted by molar-refractivity contribution is 5.47. The molecule has 2 aromatic carbocycles. The van der Waals surface area contributed by atoms with E-state index < -0.39 is 0 Å². The lowest BCUT2D eigenvalue weighted by atomic mass is 10.1. The molecule has 2 saturated heterocycles. The van der Waals surface area contributed by atoms with Gasteiger partial charge in [0.15, 0.2) is 0 Å². The van der Waals surface area contributed by atoms with E-state index >= 15 is 0 Å². The maximum atomic E-state index is 5.67. The summed E-state index contributed by atoms with van der Waals surface area (Å²) in [7, 11) is 0. The first-order valence-corrected chi connectivity index (χ1v) is 22.0. The Balaban J connectivity index is 0.000000314. The molecule has 0 saturated carbocycles. The molecule has 320 valence electrons. The molecule has 6 rings (SSSR count). The van der Waals surface area contributed by atoms with Gasteiger partial charge in [-0.2, -0.15) is 0 Å². The molecule has 0 unspecified atom stereocenters. The Bertz CT molecular complexity index is 1270. The Morgan fingerprint density at radius 3 is 1.46 bits per heavy atom. The summed E-state index contributed by atoms with van der Waals surface area (Å²) in [5.41, 5.74) is 4.50. The average Bonchev–Trinajstić information content (AvgIpc) is 4.01. The Labute approximate surface area is 346 Å². The van der Waals surface area contributed by atoms with Gasteiger partial charge in [0, 0.05) is 102 Å². The largest absolute Gasteiger partial charge is 0.381 e. The minimum absolute atomic E-state index is 0.548. The molecule has 10 heteroatoms. The monoisotopic (exact) mass is 791 g/mol. The fourth-order valence-corrected chi connectivity index (χ4v) is 6.09. The van der Waals surface area contributed by atoms with Crippen molar-refractivity contribution in [2.75, 3.05) is 95.1 Å². The molecular formula is C47H78N6O4. The SMILES string of the molecule is CC.CCC.CCC(C)CC.c1ccc(N2CCN(CCCCOCc3ccon3)CC2)cc1.c1ccc(N2CCN(CCCOCCc3ccon3)CC2)cc1. The number of hydrogen-bond acceptors (Lipinski definition) is 10. The third-order valence-corrected chi connectivity index (χ3v) is 9.89. The lowest BCUT2D eigenvalue weighted by Crippen LogP contribution is -2.46. The minimum Gasteiger partial charge on any atom is -0.381 e. The molecule has 57 heavy (non-hydrogen) atoms. The smallest absolute Gasteiger partial charge is 0.124 e. The van der Waals surface area contributed by atoms with E-state index in [9.17, 15) is 0 Å². The molecule has 0 bridgehead atoms. The van der Waals surface area contributed by atoms with Crippen LogP contribution >= 0.6 is 0 Å². The van der Waals surface area contributed by atoms with E-state index in [0.717, 1.165) is 115 Å². The van der Waals surface area contributed by atoms with Crippen molar-refractivity contribution < 1.29 is 18.5 Å². The molecule has 0 atom stereocenters. The Kier molecular flexibility index (Phi) is 28.9. The maximum absolute atomic E-state index is 5.67. The molecule has 0 amide bonds. The lowest BCUT2D eigenvalue weighted by molar-refractivity contribution is 0.109. The van der Waals surface area contributed by atoms with Crippen molar-refractivity contribution in [1.82, 2.24) is 20.1 Å². The zero-order valence-electron chi connectivity index (χ0n) is 36.8. The molecule has 4 heterocycles. The summed E-state index contributed by atoms with van der Waals surface area (Å²) in [5.74, 6) is 0.935. The minimum atomic E-state index is 0.548. The molecule has 2 fully saturated rings. The number of unbranched alkanes of at least 4 members (excludes halogenated alkanes) is 1. The van der Waals surface area contributed by atoms with Crippen molar-refractivity contribution >= 4 is 11.4 Å². The van der Waals surface area contributed by atoms with Crippen LogP contribution < -0.4 is 9.80 Å². The standard InChI is InChI=1S/2C18H25N3O2.C6H14.C3H8.C2H6/c1-2-6-18(7-3-1)21-12-10-20(11-13-21)9-4-5-14-22-16-17-8-15-23-19-17;1-2-5-18(6-3-1)21-12-10-20(11-13-21)9-4-14-22-15-7-17-8-16-23-19-17;1-4-6(3)5-2;1-3-2;1-2/h1-3,6-8,15H,4-5,9-14,16H2;1-3,5-6,8,16H,4,7,9-15H2;6H,4-5H2,1-3H3;3H2,1-2H3;1-2H3. The zero-order valence-corrected chi connectivity index (χ0v) is 36.8. The van der Waals surface area contributed by atoms with Crippen LogP contribution in [0.15, 0.2) is 94.4 Å². The second-order valence-electron chi connectivity index (χ2n) is 14.4. The zero-order chi connectivity index (χ0) is 41.2. The van der Waals surface area contributed by atoms with E-state index in [4.69, 9.17) is 18.5 Å². The van der Waals surface area contributed by atoms with Crippen LogP contribution in [0.2, 0.25) is 0 Å². The highest BCUT2D eigenvalue weighted by atomic mass is 16.5. The number of para-hydroxylation sites is 2. The highest BCUT2D eigenvalue weighted by Gasteiger charge is 2.17. The van der Waals surface area contributed by atoms with Gasteiger partial charge >= 0.3 is 0 Å². The first-order chi connectivity index (χ1) is 28.1. The summed E-state index contributed by atoms with van der Waals surface area (Å²) in [6.07, 6.45) is 11.3. The molecular weight excluding hydrogens is 713 g/mol. The van der Waals surface area contributed by atoms with E-state index in [2.05, 4.69) is 125 Å². The topological polar surface area (TPSA) is 83.5 Å². The van der Waals surface area contributed by atoms with E-state index in [-0.39, 0.29) is 0 Å². The van der Waals surface area contributed by atoms with Gasteiger partial charge in [-0.1, -0.05) is 114 Å². The quantitative estimate of drug-likeness (QED) is 0.0909. The van der Waals surface area contributed by atoms with Gasteiger partial charge in [0.25, 0.3) is 0 Å². The van der Waals surface area contributed by atoms with Crippen LogP contribution in [-0.2, 0) is 22.5 Å². The summed E-state index contributed by atoms with van der Waals surface area (Å²) in [6.45, 7) is 29.2. The van der Waals surface area contributed by atoms with Crippen LogP contribution in [0.1, 0.15) is 98.4 Å². The van der Waals surface area contributed by atoms with Gasteiger partial charge in [-0.05, 0) is 56.0 Å². The number of rotatable bonds is 18. The van der Waals surface area contributed by atoms with Crippen molar-refractivity contribution in [3.05, 3.63) is 96.7 Å². The second-order valence-corrected chi connectivity index (χ2v) is 14.4. The van der Waals surface area contributed by atoms with Crippen molar-refractivity contribution in [3.8, 4) is 0 Å². The number of aromatic nitrogens is 2. The van der Waals surface area contributed by atoms with Crippen molar-refractivity contribution in [2.24, 2.45) is 5.92 Å². The molecule has 4 aromatic rings. The van der Waals surface area contributed by atoms with Crippen LogP contribution in [0.25, 0.3) is 0 Å². The summed E-state index contributed by atoms with van der Waals surface area (Å²) < 4.78 is 20.8. The Morgan fingerprint density at radius 2 is 1.02 bits per heavy atom. The predicted molar refractivity (Wildman–Crippen MR) is 238 cm³/mol. The van der Waals surface area contributed by atoms with Crippen molar-refractivity contribution in [2.45, 2.75) is 100 Å².